The number of nitrogens with zero attached hydrogens (tertiary/aromatic N) is 1. The van der Waals surface area contributed by atoms with Crippen LogP contribution in [-0.4, -0.2) is 78.4 Å². The van der Waals surface area contributed by atoms with Crippen LogP contribution in [-0.2, 0) is 28.6 Å². The van der Waals surface area contributed by atoms with Crippen molar-refractivity contribution in [1.82, 2.24) is 15.5 Å². The molecular weight excluding hydrogens is 562 g/mol. The Hall–Kier alpha value is -3.14. The van der Waals surface area contributed by atoms with E-state index >= 15 is 0 Å². The van der Waals surface area contributed by atoms with Gasteiger partial charge in [-0.25, -0.2) is 4.79 Å². The minimum Gasteiger partial charge on any atom is -0.465 e. The summed E-state index contributed by atoms with van der Waals surface area (Å²) in [6, 6.07) is 8.75. The van der Waals surface area contributed by atoms with Gasteiger partial charge in [0.2, 0.25) is 5.91 Å². The highest BCUT2D eigenvalue weighted by Crippen LogP contribution is 2.28. The van der Waals surface area contributed by atoms with Crippen LogP contribution in [0.15, 0.2) is 30.3 Å². The lowest BCUT2D eigenvalue weighted by molar-refractivity contribution is -0.159. The topological polar surface area (TPSA) is 123 Å². The van der Waals surface area contributed by atoms with Crippen LogP contribution in [0.2, 0.25) is 0 Å². The van der Waals surface area contributed by atoms with Crippen molar-refractivity contribution in [2.75, 3.05) is 26.2 Å². The van der Waals surface area contributed by atoms with Gasteiger partial charge in [-0.15, -0.1) is 0 Å². The van der Waals surface area contributed by atoms with Crippen molar-refractivity contribution in [2.45, 2.75) is 129 Å². The number of ether oxygens (including phenoxy) is 3. The third kappa shape index (κ3) is 14.6. The van der Waals surface area contributed by atoms with Gasteiger partial charge in [0, 0.05) is 19.0 Å². The second-order valence-electron chi connectivity index (χ2n) is 13.5. The summed E-state index contributed by atoms with van der Waals surface area (Å²) in [6.07, 6.45) is 5.81. The molecule has 1 aromatic carbocycles. The Labute approximate surface area is 263 Å². The molecule has 2 rings (SSSR count). The van der Waals surface area contributed by atoms with E-state index in [1.165, 1.54) is 0 Å². The third-order valence-electron chi connectivity index (χ3n) is 7.18. The van der Waals surface area contributed by atoms with Crippen molar-refractivity contribution in [3.8, 4) is 0 Å². The van der Waals surface area contributed by atoms with Crippen molar-refractivity contribution in [2.24, 2.45) is 0 Å². The minimum atomic E-state index is -0.661. The van der Waals surface area contributed by atoms with E-state index in [-0.39, 0.29) is 30.9 Å². The molecule has 44 heavy (non-hydrogen) atoms. The second-order valence-corrected chi connectivity index (χ2v) is 13.5. The Morgan fingerprint density at radius 2 is 1.55 bits per heavy atom. The summed E-state index contributed by atoms with van der Waals surface area (Å²) in [5.74, 6) is -0.979. The average molecular weight is 618 g/mol. The number of esters is 2. The van der Waals surface area contributed by atoms with Crippen LogP contribution < -0.4 is 10.6 Å². The van der Waals surface area contributed by atoms with Crippen molar-refractivity contribution < 1.29 is 33.4 Å². The fourth-order valence-corrected chi connectivity index (χ4v) is 5.25. The summed E-state index contributed by atoms with van der Waals surface area (Å²) in [6.45, 7) is 13.7. The van der Waals surface area contributed by atoms with E-state index in [0.29, 0.717) is 25.9 Å². The molecule has 0 aromatic heterocycles. The normalized spacial score (nSPS) is 18.2. The van der Waals surface area contributed by atoms with Gasteiger partial charge in [-0.1, -0.05) is 56.0 Å². The number of carbonyl (C=O) groups is 4. The number of likely N-dealkylation sites (tertiary alicyclic amines) is 1. The number of amides is 2. The highest BCUT2D eigenvalue weighted by atomic mass is 16.6. The molecule has 1 aromatic rings. The number of alkyl carbamates (subject to hydrolysis) is 1. The SMILES string of the molecule is CCOC(=O)C(CCCCCCCNC(=O)OC(C)(C)C)NC1CCC(c2ccccc2)CN(CC(=O)OC(C)(C)C)C1=O. The summed E-state index contributed by atoms with van der Waals surface area (Å²) < 4.78 is 16.1. The van der Waals surface area contributed by atoms with E-state index in [0.717, 1.165) is 44.1 Å². The van der Waals surface area contributed by atoms with Crippen LogP contribution in [0.3, 0.4) is 0 Å². The predicted molar refractivity (Wildman–Crippen MR) is 170 cm³/mol. The average Bonchev–Trinajstić information content (AvgIpc) is 3.06. The third-order valence-corrected chi connectivity index (χ3v) is 7.18. The summed E-state index contributed by atoms with van der Waals surface area (Å²) in [5.41, 5.74) is -0.0699. The van der Waals surface area contributed by atoms with E-state index < -0.39 is 35.3 Å². The lowest BCUT2D eigenvalue weighted by atomic mass is 9.93. The fourth-order valence-electron chi connectivity index (χ4n) is 5.25. The van der Waals surface area contributed by atoms with Crippen molar-refractivity contribution >= 4 is 23.9 Å². The maximum Gasteiger partial charge on any atom is 0.407 e. The number of rotatable bonds is 15. The lowest BCUT2D eigenvalue weighted by Crippen LogP contribution is -2.52. The lowest BCUT2D eigenvalue weighted by Gasteiger charge is -2.29. The molecule has 1 aliphatic rings. The number of nitrogens with one attached hydrogen (secondary N) is 2. The summed E-state index contributed by atoms with van der Waals surface area (Å²) >= 11 is 0. The molecule has 10 nitrogen and oxygen atoms in total. The predicted octanol–water partition coefficient (Wildman–Crippen LogP) is 5.49. The van der Waals surface area contributed by atoms with Crippen molar-refractivity contribution in [3.63, 3.8) is 0 Å². The number of benzene rings is 1. The first kappa shape index (κ1) is 37.0. The number of hydrogen-bond donors (Lipinski definition) is 2. The van der Waals surface area contributed by atoms with Crippen LogP contribution in [0.1, 0.15) is 111 Å². The smallest absolute Gasteiger partial charge is 0.407 e. The van der Waals surface area contributed by atoms with Crippen LogP contribution in [0.25, 0.3) is 0 Å². The van der Waals surface area contributed by atoms with Crippen LogP contribution in [0.5, 0.6) is 0 Å². The van der Waals surface area contributed by atoms with Gasteiger partial charge in [-0.3, -0.25) is 19.7 Å². The molecule has 0 bridgehead atoms. The Balaban J connectivity index is 1.99. The van der Waals surface area contributed by atoms with Crippen LogP contribution in [0, 0.1) is 0 Å². The van der Waals surface area contributed by atoms with Gasteiger partial charge in [0.25, 0.3) is 0 Å². The van der Waals surface area contributed by atoms with Gasteiger partial charge in [-0.05, 0) is 79.7 Å². The van der Waals surface area contributed by atoms with E-state index in [1.54, 1.807) is 32.6 Å². The molecule has 0 aliphatic carbocycles. The highest BCUT2D eigenvalue weighted by Gasteiger charge is 2.36. The first-order chi connectivity index (χ1) is 20.7. The van der Waals surface area contributed by atoms with Crippen LogP contribution >= 0.6 is 0 Å². The molecule has 10 heteroatoms. The van der Waals surface area contributed by atoms with E-state index in [1.807, 2.05) is 51.1 Å². The van der Waals surface area contributed by atoms with Gasteiger partial charge in [0.1, 0.15) is 23.8 Å². The van der Waals surface area contributed by atoms with E-state index in [9.17, 15) is 19.2 Å². The van der Waals surface area contributed by atoms with Gasteiger partial charge >= 0.3 is 18.0 Å². The summed E-state index contributed by atoms with van der Waals surface area (Å²) in [4.78, 5) is 52.9. The van der Waals surface area contributed by atoms with Crippen molar-refractivity contribution in [1.29, 1.82) is 0 Å². The maximum absolute atomic E-state index is 13.8. The Morgan fingerprint density at radius 1 is 0.909 bits per heavy atom. The molecule has 1 heterocycles. The van der Waals surface area contributed by atoms with E-state index in [4.69, 9.17) is 14.2 Å². The highest BCUT2D eigenvalue weighted by molar-refractivity contribution is 5.87. The van der Waals surface area contributed by atoms with Gasteiger partial charge in [0.15, 0.2) is 0 Å². The second kappa shape index (κ2) is 18.0. The van der Waals surface area contributed by atoms with E-state index in [2.05, 4.69) is 10.6 Å². The van der Waals surface area contributed by atoms with Gasteiger partial charge in [0.05, 0.1) is 12.6 Å². The molecule has 0 spiro atoms. The molecule has 1 fully saturated rings. The van der Waals surface area contributed by atoms with Gasteiger partial charge < -0.3 is 24.4 Å². The zero-order chi connectivity index (χ0) is 32.8. The molecular formula is C34H55N3O7. The van der Waals surface area contributed by atoms with Crippen molar-refractivity contribution in [3.05, 3.63) is 35.9 Å². The van der Waals surface area contributed by atoms with Crippen LogP contribution in [0.4, 0.5) is 4.79 Å². The fraction of sp³-hybridized carbons (Fsp3) is 0.706. The number of carbonyl (C=O) groups excluding carboxylic acids is 4. The standard InChI is InChI=1S/C34H55N3O7/c1-8-42-31(40)28(19-15-10-9-11-16-22-35-32(41)44-34(5,6)7)36-27-21-20-26(25-17-13-12-14-18-25)23-37(30(27)39)24-29(38)43-33(2,3)4/h12-14,17-18,26-28,36H,8-11,15-16,19-24H2,1-7H3,(H,35,41). The first-order valence-electron chi connectivity index (χ1n) is 16.1. The quantitative estimate of drug-likeness (QED) is 0.151. The molecule has 3 unspecified atom stereocenters. The maximum atomic E-state index is 13.8. The molecule has 0 radical (unpaired) electrons. The monoisotopic (exact) mass is 617 g/mol. The summed E-state index contributed by atoms with van der Waals surface area (Å²) in [7, 11) is 0. The zero-order valence-corrected chi connectivity index (χ0v) is 27.9. The molecule has 2 amide bonds. The molecule has 2 N–H and O–H groups in total. The zero-order valence-electron chi connectivity index (χ0n) is 27.9. The molecule has 248 valence electrons. The first-order valence-corrected chi connectivity index (χ1v) is 16.1. The minimum absolute atomic E-state index is 0.0558. The summed E-state index contributed by atoms with van der Waals surface area (Å²) in [5, 5.41) is 6.09. The Kier molecular flexibility index (Phi) is 15.1. The Bertz CT molecular complexity index is 1050. The molecule has 0 saturated carbocycles. The Morgan fingerprint density at radius 3 is 2.18 bits per heavy atom. The largest absolute Gasteiger partial charge is 0.465 e. The molecule has 1 saturated heterocycles. The van der Waals surface area contributed by atoms with Gasteiger partial charge in [-0.2, -0.15) is 0 Å². The number of unbranched alkanes of at least 4 members (excludes halogenated alkanes) is 4. The molecule has 1 aliphatic heterocycles. The number of hydrogen-bond acceptors (Lipinski definition) is 8. The molecule has 3 atom stereocenters.